The highest BCUT2D eigenvalue weighted by molar-refractivity contribution is 5.91. The van der Waals surface area contributed by atoms with E-state index < -0.39 is 0 Å². The van der Waals surface area contributed by atoms with Crippen molar-refractivity contribution in [2.75, 3.05) is 13.1 Å². The Morgan fingerprint density at radius 1 is 1.22 bits per heavy atom. The Hall–Kier alpha value is -2.95. The summed E-state index contributed by atoms with van der Waals surface area (Å²) in [5, 5.41) is 2.91. The number of piperidine rings is 1. The van der Waals surface area contributed by atoms with Crippen molar-refractivity contribution in [3.05, 3.63) is 72.1 Å². The van der Waals surface area contributed by atoms with Gasteiger partial charge in [-0.3, -0.25) is 14.6 Å². The molecule has 5 heteroatoms. The quantitative estimate of drug-likeness (QED) is 0.771. The lowest BCUT2D eigenvalue weighted by Gasteiger charge is -2.20. The van der Waals surface area contributed by atoms with Crippen LogP contribution in [0.1, 0.15) is 17.5 Å². The molecule has 1 aromatic carbocycles. The molecule has 2 amide bonds. The fourth-order valence-corrected chi connectivity index (χ4v) is 4.02. The molecular weight excluding hydrogens is 338 g/mol. The standard InChI is InChI=1S/C22H23N3O2/c26-20(9-8-16-7-4-11-23-13-16)24-12-10-18-19-15-25(22(27)21(18)19)14-17-5-2-1-3-6-17/h1-9,11,13,18-19,21H,10,12,14-15H2,(H,24,26)/b9-8+/t18-,19-,21+/m0/s1. The second kappa shape index (κ2) is 7.74. The number of nitrogens with zero attached hydrogens (tertiary/aromatic N) is 2. The summed E-state index contributed by atoms with van der Waals surface area (Å²) in [5.74, 6) is 1.21. The molecule has 1 aromatic heterocycles. The molecule has 2 heterocycles. The van der Waals surface area contributed by atoms with E-state index in [0.29, 0.717) is 24.9 Å². The van der Waals surface area contributed by atoms with Crippen molar-refractivity contribution < 1.29 is 9.59 Å². The normalized spacial score (nSPS) is 23.5. The van der Waals surface area contributed by atoms with Crippen LogP contribution in [0.4, 0.5) is 0 Å². The Kier molecular flexibility index (Phi) is 5.01. The zero-order chi connectivity index (χ0) is 18.6. The number of hydrogen-bond donors (Lipinski definition) is 1. The molecule has 1 aliphatic heterocycles. The maximum Gasteiger partial charge on any atom is 0.244 e. The van der Waals surface area contributed by atoms with Gasteiger partial charge in [0.05, 0.1) is 0 Å². The molecule has 2 aliphatic rings. The van der Waals surface area contributed by atoms with Crippen molar-refractivity contribution in [3.63, 3.8) is 0 Å². The van der Waals surface area contributed by atoms with Crippen LogP contribution in [0.25, 0.3) is 6.08 Å². The smallest absolute Gasteiger partial charge is 0.244 e. The van der Waals surface area contributed by atoms with Gasteiger partial charge in [0.25, 0.3) is 0 Å². The molecule has 2 aromatic rings. The van der Waals surface area contributed by atoms with E-state index in [-0.39, 0.29) is 17.7 Å². The van der Waals surface area contributed by atoms with Crippen molar-refractivity contribution >= 4 is 17.9 Å². The maximum atomic E-state index is 12.5. The van der Waals surface area contributed by atoms with E-state index >= 15 is 0 Å². The topological polar surface area (TPSA) is 62.3 Å². The monoisotopic (exact) mass is 361 g/mol. The zero-order valence-electron chi connectivity index (χ0n) is 15.1. The van der Waals surface area contributed by atoms with Crippen LogP contribution in [0.2, 0.25) is 0 Å². The van der Waals surface area contributed by atoms with E-state index in [9.17, 15) is 9.59 Å². The molecule has 0 radical (unpaired) electrons. The minimum absolute atomic E-state index is 0.110. The number of aromatic nitrogens is 1. The van der Waals surface area contributed by atoms with Gasteiger partial charge >= 0.3 is 0 Å². The lowest BCUT2D eigenvalue weighted by molar-refractivity contribution is -0.131. The summed E-state index contributed by atoms with van der Waals surface area (Å²) in [6.07, 6.45) is 7.55. The lowest BCUT2D eigenvalue weighted by Crippen LogP contribution is -2.30. The highest BCUT2D eigenvalue weighted by atomic mass is 16.2. The fraction of sp³-hybridized carbons (Fsp3) is 0.318. The minimum Gasteiger partial charge on any atom is -0.353 e. The number of amides is 2. The van der Waals surface area contributed by atoms with Gasteiger partial charge < -0.3 is 10.2 Å². The van der Waals surface area contributed by atoms with Gasteiger partial charge in [-0.15, -0.1) is 0 Å². The first-order valence-electron chi connectivity index (χ1n) is 9.41. The predicted octanol–water partition coefficient (Wildman–Crippen LogP) is 2.51. The van der Waals surface area contributed by atoms with E-state index in [4.69, 9.17) is 0 Å². The molecule has 3 atom stereocenters. The van der Waals surface area contributed by atoms with Gasteiger partial charge in [0.2, 0.25) is 11.8 Å². The predicted molar refractivity (Wildman–Crippen MR) is 103 cm³/mol. The highest BCUT2D eigenvalue weighted by Gasteiger charge is 2.60. The molecule has 1 N–H and O–H groups in total. The van der Waals surface area contributed by atoms with Crippen LogP contribution in [0.5, 0.6) is 0 Å². The van der Waals surface area contributed by atoms with Gasteiger partial charge in [0.1, 0.15) is 0 Å². The third-order valence-corrected chi connectivity index (χ3v) is 5.46. The molecule has 5 nitrogen and oxygen atoms in total. The number of pyridine rings is 1. The molecule has 1 saturated carbocycles. The number of benzene rings is 1. The summed E-state index contributed by atoms with van der Waals surface area (Å²) < 4.78 is 0. The van der Waals surface area contributed by atoms with Crippen LogP contribution in [0, 0.1) is 17.8 Å². The third kappa shape index (κ3) is 4.08. The molecule has 1 aliphatic carbocycles. The van der Waals surface area contributed by atoms with E-state index in [1.165, 1.54) is 11.6 Å². The van der Waals surface area contributed by atoms with Crippen LogP contribution in [0.3, 0.4) is 0 Å². The van der Waals surface area contributed by atoms with Crippen molar-refractivity contribution in [2.24, 2.45) is 17.8 Å². The van der Waals surface area contributed by atoms with Gasteiger partial charge in [-0.05, 0) is 41.5 Å². The first kappa shape index (κ1) is 17.5. The second-order valence-corrected chi connectivity index (χ2v) is 7.26. The van der Waals surface area contributed by atoms with Gasteiger partial charge in [-0.2, -0.15) is 0 Å². The van der Waals surface area contributed by atoms with Crippen molar-refractivity contribution in [1.82, 2.24) is 15.2 Å². The molecule has 27 heavy (non-hydrogen) atoms. The van der Waals surface area contributed by atoms with Crippen molar-refractivity contribution in [2.45, 2.75) is 13.0 Å². The maximum absolute atomic E-state index is 12.5. The number of hydrogen-bond acceptors (Lipinski definition) is 3. The molecule has 4 rings (SSSR count). The first-order chi connectivity index (χ1) is 13.2. The van der Waals surface area contributed by atoms with Gasteiger partial charge in [0, 0.05) is 44.0 Å². The first-order valence-corrected chi connectivity index (χ1v) is 9.41. The molecule has 2 fully saturated rings. The SMILES string of the molecule is O=C(/C=C/c1cccnc1)NCC[C@H]1[C@@H]2CN(Cc3ccccc3)C(=O)[C@H]12. The third-order valence-electron chi connectivity index (χ3n) is 5.46. The molecular formula is C22H23N3O2. The van der Waals surface area contributed by atoms with Crippen molar-refractivity contribution in [3.8, 4) is 0 Å². The minimum atomic E-state index is -0.110. The van der Waals surface area contributed by atoms with E-state index in [1.807, 2.05) is 35.2 Å². The lowest BCUT2D eigenvalue weighted by atomic mass is 10.1. The van der Waals surface area contributed by atoms with E-state index in [1.54, 1.807) is 18.5 Å². The highest BCUT2D eigenvalue weighted by Crippen LogP contribution is 2.54. The van der Waals surface area contributed by atoms with Crippen LogP contribution in [-0.4, -0.2) is 34.8 Å². The molecule has 0 unspecified atom stereocenters. The zero-order valence-corrected chi connectivity index (χ0v) is 15.1. The molecule has 0 spiro atoms. The number of carbonyl (C=O) groups is 2. The Morgan fingerprint density at radius 3 is 2.78 bits per heavy atom. The average Bonchev–Trinajstić information content (AvgIpc) is 3.28. The Labute approximate surface area is 159 Å². The van der Waals surface area contributed by atoms with Crippen LogP contribution in [-0.2, 0) is 16.1 Å². The van der Waals surface area contributed by atoms with Gasteiger partial charge in [-0.1, -0.05) is 36.4 Å². The number of rotatable bonds is 7. The summed E-state index contributed by atoms with van der Waals surface area (Å²) in [5.41, 5.74) is 2.07. The molecule has 1 saturated heterocycles. The summed E-state index contributed by atoms with van der Waals surface area (Å²) in [7, 11) is 0. The number of carbonyl (C=O) groups excluding carboxylic acids is 2. The Balaban J connectivity index is 1.18. The van der Waals surface area contributed by atoms with Gasteiger partial charge in [-0.25, -0.2) is 0 Å². The number of nitrogens with one attached hydrogen (secondary N) is 1. The Bertz CT molecular complexity index is 835. The van der Waals surface area contributed by atoms with E-state index in [2.05, 4.69) is 22.4 Å². The van der Waals surface area contributed by atoms with Crippen LogP contribution < -0.4 is 5.32 Å². The Morgan fingerprint density at radius 2 is 2.07 bits per heavy atom. The van der Waals surface area contributed by atoms with Crippen LogP contribution in [0.15, 0.2) is 60.9 Å². The summed E-state index contributed by atoms with van der Waals surface area (Å²) in [6, 6.07) is 13.8. The average molecular weight is 361 g/mol. The largest absolute Gasteiger partial charge is 0.353 e. The fourth-order valence-electron chi connectivity index (χ4n) is 4.02. The second-order valence-electron chi connectivity index (χ2n) is 7.26. The summed E-state index contributed by atoms with van der Waals surface area (Å²) in [6.45, 7) is 2.16. The molecule has 138 valence electrons. The number of fused-ring (bicyclic) bond motifs is 1. The number of likely N-dealkylation sites (tertiary alicyclic amines) is 1. The molecule has 0 bridgehead atoms. The van der Waals surface area contributed by atoms with E-state index in [0.717, 1.165) is 18.5 Å². The summed E-state index contributed by atoms with van der Waals surface area (Å²) >= 11 is 0. The summed E-state index contributed by atoms with van der Waals surface area (Å²) in [4.78, 5) is 30.4. The van der Waals surface area contributed by atoms with Gasteiger partial charge in [0.15, 0.2) is 0 Å². The van der Waals surface area contributed by atoms with Crippen LogP contribution >= 0.6 is 0 Å². The van der Waals surface area contributed by atoms with Crippen molar-refractivity contribution in [1.29, 1.82) is 0 Å².